The summed E-state index contributed by atoms with van der Waals surface area (Å²) in [5.74, 6) is -1.05. The van der Waals surface area contributed by atoms with Crippen molar-refractivity contribution in [1.82, 2.24) is 0 Å². The van der Waals surface area contributed by atoms with Crippen LogP contribution in [0, 0.1) is 0 Å². The Balaban J connectivity index is 1.32. The third kappa shape index (κ3) is 4.19. The number of anilines is 3. The number of benzene rings is 6. The van der Waals surface area contributed by atoms with Crippen molar-refractivity contribution in [2.75, 3.05) is 23.9 Å². The Kier molecular flexibility index (Phi) is 6.48. The van der Waals surface area contributed by atoms with Gasteiger partial charge in [0, 0.05) is 60.8 Å². The van der Waals surface area contributed by atoms with Crippen LogP contribution in [0.2, 0.25) is 0 Å². The Morgan fingerprint density at radius 3 is 2.04 bits per heavy atom. The Morgan fingerprint density at radius 2 is 1.39 bits per heavy atom. The fourth-order valence-electron chi connectivity index (χ4n) is 10.8. The van der Waals surface area contributed by atoms with Crippen LogP contribution in [0.3, 0.4) is 0 Å². The lowest BCUT2D eigenvalue weighted by Gasteiger charge is -2.46. The highest BCUT2D eigenvalue weighted by Gasteiger charge is 2.55. The van der Waals surface area contributed by atoms with E-state index in [2.05, 4.69) is 177 Å². The molecule has 0 radical (unpaired) electrons. The zero-order valence-corrected chi connectivity index (χ0v) is 32.5. The molecule has 7 aromatic rings. The molecule has 6 aromatic carbocycles. The van der Waals surface area contributed by atoms with Crippen LogP contribution in [0.4, 0.5) is 17.1 Å². The number of fused-ring (bicyclic) bond motifs is 9. The van der Waals surface area contributed by atoms with Crippen molar-refractivity contribution >= 4 is 80.2 Å². The molecule has 264 valence electrons. The number of hydrogen-bond donors (Lipinski definition) is 0. The third-order valence-corrected chi connectivity index (χ3v) is 17.9. The second-order valence-corrected chi connectivity index (χ2v) is 20.3. The van der Waals surface area contributed by atoms with E-state index in [0.717, 1.165) is 57.6 Å². The van der Waals surface area contributed by atoms with Crippen LogP contribution >= 0.6 is 0 Å². The average molecular weight is 719 g/mol. The minimum Gasteiger partial charge on any atom is -0.470 e. The van der Waals surface area contributed by atoms with Gasteiger partial charge in [0.2, 0.25) is 0 Å². The SMILES string of the molecule is [2H]C12CCCCC1([2H])N1c3cc([Si](c4ccccc4)(c4ccccc4)c4ccccc4)cc4c3B(c3cccc2c31)c1oc2ccc(N(C)C)cc2c1C4(C)C. The smallest absolute Gasteiger partial charge is 0.292 e. The van der Waals surface area contributed by atoms with Gasteiger partial charge >= 0.3 is 0 Å². The standard InChI is InChI=1S/C49H45BN2OSi/c1-49(2)40-30-36(54(33-17-8-5-9-18-33,34-19-10-6-11-20-34)35-21-12-7-13-22-35)31-43-46(40)50(48-45(49)39-29-32(51(3)4)27-28-44(39)53-48)41-25-16-24-38-37-23-14-15-26-42(37)52(43)47(38)41/h5-13,16-22,24-25,27-31,37,42H,14-15,23,26H2,1-4H3/i37D,42D. The molecule has 0 bridgehead atoms. The van der Waals surface area contributed by atoms with Gasteiger partial charge < -0.3 is 14.2 Å². The van der Waals surface area contributed by atoms with E-state index in [1.54, 1.807) is 0 Å². The Morgan fingerprint density at radius 1 is 0.741 bits per heavy atom. The minimum atomic E-state index is -2.99. The molecule has 3 nitrogen and oxygen atoms in total. The molecular formula is C49H45BN2OSi. The van der Waals surface area contributed by atoms with Crippen molar-refractivity contribution in [2.45, 2.75) is 56.9 Å². The summed E-state index contributed by atoms with van der Waals surface area (Å²) in [6, 6.07) is 50.6. The van der Waals surface area contributed by atoms with Gasteiger partial charge in [0.05, 0.1) is 7.03 Å². The van der Waals surface area contributed by atoms with Gasteiger partial charge in [0.15, 0.2) is 8.07 Å². The monoisotopic (exact) mass is 718 g/mol. The molecule has 54 heavy (non-hydrogen) atoms. The van der Waals surface area contributed by atoms with Crippen molar-refractivity contribution in [3.8, 4) is 0 Å². The normalized spacial score (nSPS) is 22.1. The van der Waals surface area contributed by atoms with Gasteiger partial charge in [-0.05, 0) is 79.9 Å². The highest BCUT2D eigenvalue weighted by Crippen LogP contribution is 2.53. The fraction of sp³-hybridized carbons (Fsp3) is 0.224. The van der Waals surface area contributed by atoms with Crippen LogP contribution in [-0.2, 0) is 5.41 Å². The summed E-state index contributed by atoms with van der Waals surface area (Å²) in [5.41, 5.74) is 10.7. The summed E-state index contributed by atoms with van der Waals surface area (Å²) in [4.78, 5) is 4.53. The van der Waals surface area contributed by atoms with Gasteiger partial charge in [-0.1, -0.05) is 142 Å². The van der Waals surface area contributed by atoms with E-state index in [4.69, 9.17) is 4.42 Å². The highest BCUT2D eigenvalue weighted by atomic mass is 28.3. The second kappa shape index (κ2) is 11.6. The molecule has 1 fully saturated rings. The van der Waals surface area contributed by atoms with Crippen LogP contribution in [0.25, 0.3) is 11.0 Å². The lowest BCUT2D eigenvalue weighted by Crippen LogP contribution is -2.75. The second-order valence-electron chi connectivity index (χ2n) is 16.5. The first-order valence-corrected chi connectivity index (χ1v) is 21.6. The van der Waals surface area contributed by atoms with E-state index < -0.39 is 25.4 Å². The van der Waals surface area contributed by atoms with E-state index in [0.29, 0.717) is 12.8 Å². The zero-order valence-electron chi connectivity index (χ0n) is 33.5. The summed E-state index contributed by atoms with van der Waals surface area (Å²) < 4.78 is 28.0. The molecule has 0 saturated heterocycles. The molecule has 4 heterocycles. The predicted octanol–water partition coefficient (Wildman–Crippen LogP) is 6.52. The van der Waals surface area contributed by atoms with Gasteiger partial charge in [-0.25, -0.2) is 0 Å². The maximum Gasteiger partial charge on any atom is 0.292 e. The van der Waals surface area contributed by atoms with Gasteiger partial charge in [-0.3, -0.25) is 0 Å². The van der Waals surface area contributed by atoms with Gasteiger partial charge in [-0.2, -0.15) is 0 Å². The highest BCUT2D eigenvalue weighted by molar-refractivity contribution is 7.20. The largest absolute Gasteiger partial charge is 0.470 e. The van der Waals surface area contributed by atoms with Crippen molar-refractivity contribution in [3.63, 3.8) is 0 Å². The Hall–Kier alpha value is -5.26. The number of hydrogen-bond acceptors (Lipinski definition) is 3. The number of para-hydroxylation sites is 1. The van der Waals surface area contributed by atoms with Crippen molar-refractivity contribution in [2.24, 2.45) is 0 Å². The summed E-state index contributed by atoms with van der Waals surface area (Å²) in [5, 5.41) is 6.43. The topological polar surface area (TPSA) is 19.6 Å². The minimum absolute atomic E-state index is 0.160. The molecule has 4 aliphatic rings. The molecular weight excluding hydrogens is 671 g/mol. The average Bonchev–Trinajstić information content (AvgIpc) is 3.71. The van der Waals surface area contributed by atoms with E-state index in [-0.39, 0.29) is 6.71 Å². The fourth-order valence-corrected chi connectivity index (χ4v) is 15.6. The summed E-state index contributed by atoms with van der Waals surface area (Å²) in [7, 11) is 1.21. The first-order valence-electron chi connectivity index (χ1n) is 20.6. The summed E-state index contributed by atoms with van der Waals surface area (Å²) in [6.07, 6.45) is 3.24. The molecule has 11 rings (SSSR count). The molecule has 0 N–H and O–H groups in total. The number of rotatable bonds is 5. The maximum absolute atomic E-state index is 10.6. The van der Waals surface area contributed by atoms with Crippen LogP contribution in [-0.4, -0.2) is 34.9 Å². The molecule has 2 unspecified atom stereocenters. The maximum atomic E-state index is 10.6. The van der Waals surface area contributed by atoms with Crippen LogP contribution in [0.5, 0.6) is 0 Å². The van der Waals surface area contributed by atoms with Crippen molar-refractivity contribution in [3.05, 3.63) is 156 Å². The molecule has 5 heteroatoms. The van der Waals surface area contributed by atoms with Gasteiger partial charge in [0.1, 0.15) is 5.58 Å². The molecule has 1 aliphatic carbocycles. The predicted molar refractivity (Wildman–Crippen MR) is 231 cm³/mol. The molecule has 0 spiro atoms. The van der Waals surface area contributed by atoms with E-state index in [1.165, 1.54) is 37.3 Å². The lowest BCUT2D eigenvalue weighted by molar-refractivity contribution is 0.402. The summed E-state index contributed by atoms with van der Waals surface area (Å²) in [6.45, 7) is 4.61. The first kappa shape index (κ1) is 30.1. The van der Waals surface area contributed by atoms with Crippen LogP contribution in [0.15, 0.2) is 144 Å². The molecule has 0 amide bonds. The van der Waals surface area contributed by atoms with E-state index in [1.807, 2.05) is 0 Å². The number of nitrogens with zero attached hydrogens (tertiary/aromatic N) is 2. The third-order valence-electron chi connectivity index (χ3n) is 13.2. The summed E-state index contributed by atoms with van der Waals surface area (Å²) >= 11 is 0. The molecule has 1 aromatic heterocycles. The van der Waals surface area contributed by atoms with Crippen LogP contribution < -0.4 is 47.1 Å². The Bertz CT molecular complexity index is 2620. The van der Waals surface area contributed by atoms with Crippen molar-refractivity contribution < 1.29 is 7.16 Å². The zero-order chi connectivity index (χ0) is 38.2. The van der Waals surface area contributed by atoms with Gasteiger partial charge in [0.25, 0.3) is 6.71 Å². The molecule has 1 saturated carbocycles. The number of furan rings is 1. The lowest BCUT2D eigenvalue weighted by atomic mass is 9.32. The van der Waals surface area contributed by atoms with E-state index >= 15 is 0 Å². The van der Waals surface area contributed by atoms with Crippen LogP contribution in [0.1, 0.15) is 64.9 Å². The molecule has 2 atom stereocenters. The van der Waals surface area contributed by atoms with Gasteiger partial charge in [-0.15, -0.1) is 0 Å². The quantitative estimate of drug-likeness (QED) is 0.149. The molecule has 3 aliphatic heterocycles. The van der Waals surface area contributed by atoms with Crippen molar-refractivity contribution in [1.29, 1.82) is 0 Å². The first-order chi connectivity index (χ1) is 27.1. The van der Waals surface area contributed by atoms with E-state index in [9.17, 15) is 2.74 Å². The Labute approximate surface area is 323 Å².